The summed E-state index contributed by atoms with van der Waals surface area (Å²) in [7, 11) is 0. The van der Waals surface area contributed by atoms with Gasteiger partial charge in [0.2, 0.25) is 5.91 Å². The van der Waals surface area contributed by atoms with Crippen molar-refractivity contribution in [3.05, 3.63) is 29.8 Å². The molecule has 0 aromatic heterocycles. The lowest BCUT2D eigenvalue weighted by molar-refractivity contribution is -0.132. The molecular formula is C19H22N4O3. The molecule has 1 heterocycles. The van der Waals surface area contributed by atoms with E-state index in [1.54, 1.807) is 19.1 Å². The predicted octanol–water partition coefficient (Wildman–Crippen LogP) is 2.10. The number of benzene rings is 1. The Labute approximate surface area is 152 Å². The maximum atomic E-state index is 12.7. The summed E-state index contributed by atoms with van der Waals surface area (Å²) < 4.78 is 0. The lowest BCUT2D eigenvalue weighted by Gasteiger charge is -2.23. The average Bonchev–Trinajstić information content (AvgIpc) is 3.16. The van der Waals surface area contributed by atoms with E-state index in [0.717, 1.165) is 23.3 Å². The molecule has 1 aromatic carbocycles. The summed E-state index contributed by atoms with van der Waals surface area (Å²) in [6, 6.07) is 8.28. The van der Waals surface area contributed by atoms with Gasteiger partial charge in [-0.1, -0.05) is 17.7 Å². The van der Waals surface area contributed by atoms with Crippen molar-refractivity contribution < 1.29 is 14.4 Å². The fraction of sp³-hybridized carbons (Fsp3) is 0.474. The molecule has 3 rings (SSSR count). The van der Waals surface area contributed by atoms with Crippen LogP contribution in [0.4, 0.5) is 10.5 Å². The van der Waals surface area contributed by atoms with Gasteiger partial charge in [-0.05, 0) is 51.7 Å². The zero-order valence-electron chi connectivity index (χ0n) is 15.0. The topological polar surface area (TPSA) is 93.5 Å². The Kier molecular flexibility index (Phi) is 4.68. The van der Waals surface area contributed by atoms with Crippen molar-refractivity contribution in [1.29, 1.82) is 5.26 Å². The third kappa shape index (κ3) is 3.15. The quantitative estimate of drug-likeness (QED) is 0.838. The van der Waals surface area contributed by atoms with Crippen molar-refractivity contribution in [3.8, 4) is 6.07 Å². The number of hydrogen-bond acceptors (Lipinski definition) is 4. The minimum atomic E-state index is -0.870. The molecular weight excluding hydrogens is 332 g/mol. The fourth-order valence-electron chi connectivity index (χ4n) is 3.60. The van der Waals surface area contributed by atoms with E-state index in [9.17, 15) is 19.6 Å². The second-order valence-electron chi connectivity index (χ2n) is 7.04. The molecule has 0 radical (unpaired) electrons. The molecule has 0 unspecified atom stereocenters. The van der Waals surface area contributed by atoms with Gasteiger partial charge in [0, 0.05) is 5.69 Å². The molecule has 0 bridgehead atoms. The minimum Gasteiger partial charge on any atom is -0.336 e. The first-order valence-corrected chi connectivity index (χ1v) is 8.80. The Hall–Kier alpha value is -2.88. The van der Waals surface area contributed by atoms with Gasteiger partial charge in [-0.25, -0.2) is 4.79 Å². The van der Waals surface area contributed by atoms with Crippen LogP contribution in [-0.2, 0) is 9.59 Å². The summed E-state index contributed by atoms with van der Waals surface area (Å²) in [5, 5.41) is 12.1. The maximum absolute atomic E-state index is 12.7. The Morgan fingerprint density at radius 3 is 2.46 bits per heavy atom. The Morgan fingerprint density at radius 1 is 1.27 bits per heavy atom. The number of hydrogen-bond donors (Lipinski definition) is 1. The molecule has 1 aliphatic heterocycles. The first-order chi connectivity index (χ1) is 12.4. The second-order valence-corrected chi connectivity index (χ2v) is 7.04. The number of amides is 4. The Balaban J connectivity index is 1.73. The lowest BCUT2D eigenvalue weighted by Crippen LogP contribution is -2.50. The summed E-state index contributed by atoms with van der Waals surface area (Å²) in [6.45, 7) is 3.22. The SMILES string of the molecule is Cc1ccc(N2C(=O)N(CC(=O)NC3(C#N)CCCC3)C(=O)[C@@H]2C)cc1. The van der Waals surface area contributed by atoms with Crippen LogP contribution in [0.2, 0.25) is 0 Å². The molecule has 1 N–H and O–H groups in total. The number of aryl methyl sites for hydroxylation is 1. The van der Waals surface area contributed by atoms with Gasteiger partial charge in [-0.3, -0.25) is 19.4 Å². The number of carbonyl (C=O) groups excluding carboxylic acids is 3. The standard InChI is InChI=1S/C19H22N4O3/c1-13-5-7-15(8-6-13)23-14(2)17(25)22(18(23)26)11-16(24)21-19(12-20)9-3-4-10-19/h5-8,14H,3-4,9-11H2,1-2H3,(H,21,24)/t14-/m0/s1. The minimum absolute atomic E-state index is 0.367. The fourth-order valence-corrected chi connectivity index (χ4v) is 3.60. The average molecular weight is 354 g/mol. The molecule has 0 spiro atoms. The number of anilines is 1. The number of imide groups is 1. The van der Waals surface area contributed by atoms with Crippen LogP contribution in [0.25, 0.3) is 0 Å². The van der Waals surface area contributed by atoms with E-state index in [1.807, 2.05) is 19.1 Å². The van der Waals surface area contributed by atoms with Gasteiger partial charge in [0.25, 0.3) is 5.91 Å². The monoisotopic (exact) mass is 354 g/mol. The third-order valence-corrected chi connectivity index (χ3v) is 5.11. The van der Waals surface area contributed by atoms with E-state index in [0.29, 0.717) is 18.5 Å². The molecule has 4 amide bonds. The van der Waals surface area contributed by atoms with Crippen molar-refractivity contribution in [2.24, 2.45) is 0 Å². The second kappa shape index (κ2) is 6.79. The van der Waals surface area contributed by atoms with Crippen LogP contribution < -0.4 is 10.2 Å². The zero-order valence-corrected chi connectivity index (χ0v) is 15.0. The number of nitriles is 1. The number of urea groups is 1. The summed E-state index contributed by atoms with van der Waals surface area (Å²) in [5.41, 5.74) is 0.799. The number of nitrogens with one attached hydrogen (secondary N) is 1. The molecule has 26 heavy (non-hydrogen) atoms. The van der Waals surface area contributed by atoms with E-state index in [4.69, 9.17) is 0 Å². The van der Waals surface area contributed by atoms with Crippen LogP contribution >= 0.6 is 0 Å². The normalized spacial score (nSPS) is 21.8. The van der Waals surface area contributed by atoms with Crippen molar-refractivity contribution in [2.45, 2.75) is 51.1 Å². The maximum Gasteiger partial charge on any atom is 0.332 e. The van der Waals surface area contributed by atoms with Crippen LogP contribution in [0.3, 0.4) is 0 Å². The summed E-state index contributed by atoms with van der Waals surface area (Å²) in [6.07, 6.45) is 2.97. The third-order valence-electron chi connectivity index (χ3n) is 5.11. The van der Waals surface area contributed by atoms with Crippen LogP contribution in [0, 0.1) is 18.3 Å². The highest BCUT2D eigenvalue weighted by molar-refractivity contribution is 6.15. The van der Waals surface area contributed by atoms with Crippen LogP contribution in [0.5, 0.6) is 0 Å². The van der Waals surface area contributed by atoms with Gasteiger partial charge in [0.05, 0.1) is 6.07 Å². The van der Waals surface area contributed by atoms with Gasteiger partial charge in [0.15, 0.2) is 0 Å². The molecule has 1 atom stereocenters. The molecule has 7 heteroatoms. The smallest absolute Gasteiger partial charge is 0.332 e. The highest BCUT2D eigenvalue weighted by Crippen LogP contribution is 2.29. The Morgan fingerprint density at radius 2 is 1.88 bits per heavy atom. The number of rotatable bonds is 4. The highest BCUT2D eigenvalue weighted by atomic mass is 16.2. The van der Waals surface area contributed by atoms with Crippen molar-refractivity contribution in [3.63, 3.8) is 0 Å². The Bertz CT molecular complexity index is 775. The van der Waals surface area contributed by atoms with Gasteiger partial charge < -0.3 is 5.32 Å². The highest BCUT2D eigenvalue weighted by Gasteiger charge is 2.45. The van der Waals surface area contributed by atoms with Crippen LogP contribution in [0.15, 0.2) is 24.3 Å². The van der Waals surface area contributed by atoms with Crippen LogP contribution in [-0.4, -0.2) is 40.9 Å². The molecule has 2 fully saturated rings. The van der Waals surface area contributed by atoms with Gasteiger partial charge in [-0.15, -0.1) is 0 Å². The van der Waals surface area contributed by atoms with E-state index >= 15 is 0 Å². The van der Waals surface area contributed by atoms with E-state index in [-0.39, 0.29) is 6.54 Å². The largest absolute Gasteiger partial charge is 0.336 e. The lowest BCUT2D eigenvalue weighted by atomic mass is 10.00. The van der Waals surface area contributed by atoms with E-state index in [1.165, 1.54) is 4.90 Å². The summed E-state index contributed by atoms with van der Waals surface area (Å²) in [5.74, 6) is -0.892. The van der Waals surface area contributed by atoms with Gasteiger partial charge >= 0.3 is 6.03 Å². The zero-order chi connectivity index (χ0) is 18.9. The summed E-state index contributed by atoms with van der Waals surface area (Å²) in [4.78, 5) is 40.0. The first kappa shape index (κ1) is 17.9. The number of carbonyl (C=O) groups is 3. The van der Waals surface area contributed by atoms with Crippen molar-refractivity contribution >= 4 is 23.5 Å². The number of nitrogens with zero attached hydrogens (tertiary/aromatic N) is 3. The molecule has 1 saturated carbocycles. The molecule has 1 aliphatic carbocycles. The first-order valence-electron chi connectivity index (χ1n) is 8.80. The molecule has 7 nitrogen and oxygen atoms in total. The van der Waals surface area contributed by atoms with E-state index < -0.39 is 29.4 Å². The van der Waals surface area contributed by atoms with Crippen molar-refractivity contribution in [2.75, 3.05) is 11.4 Å². The van der Waals surface area contributed by atoms with Gasteiger partial charge in [0.1, 0.15) is 18.1 Å². The molecule has 1 saturated heterocycles. The molecule has 2 aliphatic rings. The van der Waals surface area contributed by atoms with Crippen molar-refractivity contribution in [1.82, 2.24) is 10.2 Å². The summed E-state index contributed by atoms with van der Waals surface area (Å²) >= 11 is 0. The molecule has 1 aromatic rings. The molecule has 136 valence electrons. The van der Waals surface area contributed by atoms with E-state index in [2.05, 4.69) is 11.4 Å². The predicted molar refractivity (Wildman–Crippen MR) is 95.2 cm³/mol. The van der Waals surface area contributed by atoms with Gasteiger partial charge in [-0.2, -0.15) is 5.26 Å². The van der Waals surface area contributed by atoms with Crippen LogP contribution in [0.1, 0.15) is 38.2 Å².